The van der Waals surface area contributed by atoms with Crippen molar-refractivity contribution in [1.29, 1.82) is 0 Å². The van der Waals surface area contributed by atoms with E-state index in [1.54, 1.807) is 0 Å². The van der Waals surface area contributed by atoms with Crippen LogP contribution in [0.25, 0.3) is 0 Å². The Labute approximate surface area is 109 Å². The average molecular weight is 256 g/mol. The molecule has 1 heterocycles. The first-order valence-corrected chi connectivity index (χ1v) is 6.48. The Morgan fingerprint density at radius 2 is 2.11 bits per heavy atom. The first-order chi connectivity index (χ1) is 8.39. The van der Waals surface area contributed by atoms with Crippen molar-refractivity contribution in [3.63, 3.8) is 0 Å². The largest absolute Gasteiger partial charge is 0.467 e. The summed E-state index contributed by atoms with van der Waals surface area (Å²) in [7, 11) is 1.35. The molecule has 5 nitrogen and oxygen atoms in total. The zero-order chi connectivity index (χ0) is 13.8. The molecule has 1 amide bonds. The van der Waals surface area contributed by atoms with Crippen molar-refractivity contribution in [1.82, 2.24) is 10.6 Å². The van der Waals surface area contributed by atoms with Gasteiger partial charge in [-0.15, -0.1) is 0 Å². The van der Waals surface area contributed by atoms with E-state index in [-0.39, 0.29) is 11.9 Å². The van der Waals surface area contributed by atoms with Gasteiger partial charge in [0, 0.05) is 6.54 Å². The van der Waals surface area contributed by atoms with Gasteiger partial charge in [-0.25, -0.2) is 4.79 Å². The van der Waals surface area contributed by atoms with Crippen LogP contribution < -0.4 is 10.6 Å². The number of carbonyl (C=O) groups excluding carboxylic acids is 2. The van der Waals surface area contributed by atoms with Gasteiger partial charge in [0.05, 0.1) is 12.5 Å². The molecule has 0 aromatic rings. The summed E-state index contributed by atoms with van der Waals surface area (Å²) in [6, 6.07) is -0.542. The van der Waals surface area contributed by atoms with Crippen LogP contribution >= 0.6 is 0 Å². The van der Waals surface area contributed by atoms with E-state index in [0.29, 0.717) is 18.9 Å². The van der Waals surface area contributed by atoms with Gasteiger partial charge in [-0.1, -0.05) is 13.8 Å². The lowest BCUT2D eigenvalue weighted by molar-refractivity contribution is -0.146. The lowest BCUT2D eigenvalue weighted by Gasteiger charge is -2.25. The van der Waals surface area contributed by atoms with Crippen LogP contribution in [0.3, 0.4) is 0 Å². The Morgan fingerprint density at radius 3 is 2.56 bits per heavy atom. The lowest BCUT2D eigenvalue weighted by Crippen LogP contribution is -2.49. The van der Waals surface area contributed by atoms with Gasteiger partial charge >= 0.3 is 5.97 Å². The minimum atomic E-state index is -0.542. The molecule has 0 aliphatic carbocycles. The number of ether oxygens (including phenoxy) is 1. The predicted molar refractivity (Wildman–Crippen MR) is 69.0 cm³/mol. The highest BCUT2D eigenvalue weighted by atomic mass is 16.5. The van der Waals surface area contributed by atoms with Gasteiger partial charge in [-0.3, -0.25) is 4.79 Å². The van der Waals surface area contributed by atoms with Crippen molar-refractivity contribution in [3.8, 4) is 0 Å². The van der Waals surface area contributed by atoms with Crippen molar-refractivity contribution in [2.75, 3.05) is 20.2 Å². The van der Waals surface area contributed by atoms with Crippen molar-refractivity contribution in [2.24, 2.45) is 11.3 Å². The standard InChI is InChI=1S/C13H24N2O3/c1-9(2)7-10(11(16)18-4)15-12(17)13(3)5-6-14-8-13/h9-10,14H,5-8H2,1-4H3,(H,15,17). The van der Waals surface area contributed by atoms with Crippen molar-refractivity contribution in [2.45, 2.75) is 39.7 Å². The van der Waals surface area contributed by atoms with Gasteiger partial charge in [-0.05, 0) is 32.2 Å². The van der Waals surface area contributed by atoms with Gasteiger partial charge < -0.3 is 15.4 Å². The molecule has 1 aliphatic heterocycles. The zero-order valence-corrected chi connectivity index (χ0v) is 11.7. The molecule has 0 spiro atoms. The Hall–Kier alpha value is -1.10. The van der Waals surface area contributed by atoms with Gasteiger partial charge in [-0.2, -0.15) is 0 Å². The molecule has 5 heteroatoms. The maximum atomic E-state index is 12.2. The molecule has 1 saturated heterocycles. The van der Waals surface area contributed by atoms with Crippen LogP contribution in [-0.4, -0.2) is 38.1 Å². The molecule has 1 aliphatic rings. The smallest absolute Gasteiger partial charge is 0.328 e. The van der Waals surface area contributed by atoms with Crippen molar-refractivity contribution >= 4 is 11.9 Å². The molecule has 2 atom stereocenters. The number of rotatable bonds is 5. The number of hydrogen-bond donors (Lipinski definition) is 2. The number of nitrogens with one attached hydrogen (secondary N) is 2. The van der Waals surface area contributed by atoms with Gasteiger partial charge in [0.2, 0.25) is 5.91 Å². The minimum absolute atomic E-state index is 0.0662. The number of carbonyl (C=O) groups is 2. The lowest BCUT2D eigenvalue weighted by atomic mass is 9.88. The van der Waals surface area contributed by atoms with Crippen LogP contribution in [0.2, 0.25) is 0 Å². The van der Waals surface area contributed by atoms with E-state index in [2.05, 4.69) is 10.6 Å². The summed E-state index contributed by atoms with van der Waals surface area (Å²) < 4.78 is 4.74. The highest BCUT2D eigenvalue weighted by Gasteiger charge is 2.38. The van der Waals surface area contributed by atoms with Crippen molar-refractivity contribution < 1.29 is 14.3 Å². The number of methoxy groups -OCH3 is 1. The van der Waals surface area contributed by atoms with E-state index in [4.69, 9.17) is 4.74 Å². The second-order valence-corrected chi connectivity index (χ2v) is 5.67. The Morgan fingerprint density at radius 1 is 1.44 bits per heavy atom. The monoisotopic (exact) mass is 256 g/mol. The molecule has 0 aromatic carbocycles. The van der Waals surface area contributed by atoms with Crippen LogP contribution in [0, 0.1) is 11.3 Å². The summed E-state index contributed by atoms with van der Waals surface area (Å²) in [6.45, 7) is 7.46. The second-order valence-electron chi connectivity index (χ2n) is 5.67. The van der Waals surface area contributed by atoms with Gasteiger partial charge in [0.15, 0.2) is 0 Å². The minimum Gasteiger partial charge on any atom is -0.467 e. The van der Waals surface area contributed by atoms with Crippen molar-refractivity contribution in [3.05, 3.63) is 0 Å². The highest BCUT2D eigenvalue weighted by Crippen LogP contribution is 2.25. The number of hydrogen-bond acceptors (Lipinski definition) is 4. The summed E-state index contributed by atoms with van der Waals surface area (Å²) in [5.74, 6) is -0.112. The van der Waals surface area contributed by atoms with E-state index in [1.807, 2.05) is 20.8 Å². The van der Waals surface area contributed by atoms with E-state index >= 15 is 0 Å². The molecule has 1 rings (SSSR count). The topological polar surface area (TPSA) is 67.4 Å². The third-order valence-corrected chi connectivity index (χ3v) is 3.42. The Balaban J connectivity index is 2.64. The molecule has 18 heavy (non-hydrogen) atoms. The molecule has 0 radical (unpaired) electrons. The third kappa shape index (κ3) is 3.70. The van der Waals surface area contributed by atoms with Crippen LogP contribution in [-0.2, 0) is 14.3 Å². The van der Waals surface area contributed by atoms with Gasteiger partial charge in [0.1, 0.15) is 6.04 Å². The maximum Gasteiger partial charge on any atom is 0.328 e. The summed E-state index contributed by atoms with van der Waals surface area (Å²) in [4.78, 5) is 23.9. The highest BCUT2D eigenvalue weighted by molar-refractivity contribution is 5.88. The maximum absolute atomic E-state index is 12.2. The summed E-state index contributed by atoms with van der Waals surface area (Å²) >= 11 is 0. The first kappa shape index (κ1) is 15.0. The van der Waals surface area contributed by atoms with Crippen LogP contribution in [0.4, 0.5) is 0 Å². The normalized spacial score (nSPS) is 24.9. The van der Waals surface area contributed by atoms with Gasteiger partial charge in [0.25, 0.3) is 0 Å². The van der Waals surface area contributed by atoms with E-state index in [0.717, 1.165) is 13.0 Å². The molecule has 1 fully saturated rings. The zero-order valence-electron chi connectivity index (χ0n) is 11.7. The fraction of sp³-hybridized carbons (Fsp3) is 0.846. The van der Waals surface area contributed by atoms with E-state index in [9.17, 15) is 9.59 Å². The van der Waals surface area contributed by atoms with E-state index < -0.39 is 11.5 Å². The quantitative estimate of drug-likeness (QED) is 0.710. The summed E-state index contributed by atoms with van der Waals surface area (Å²) in [5, 5.41) is 6.00. The third-order valence-electron chi connectivity index (χ3n) is 3.42. The molecule has 104 valence electrons. The molecular weight excluding hydrogens is 232 g/mol. The SMILES string of the molecule is COC(=O)C(CC(C)C)NC(=O)C1(C)CCNC1. The number of esters is 1. The first-order valence-electron chi connectivity index (χ1n) is 6.48. The number of amides is 1. The van der Waals surface area contributed by atoms with Crippen LogP contribution in [0.15, 0.2) is 0 Å². The summed E-state index contributed by atoms with van der Waals surface area (Å²) in [5.41, 5.74) is -0.413. The Bertz CT molecular complexity index is 309. The molecule has 0 saturated carbocycles. The van der Waals surface area contributed by atoms with Crippen LogP contribution in [0.1, 0.15) is 33.6 Å². The molecular formula is C13H24N2O3. The predicted octanol–water partition coefficient (Wildman–Crippen LogP) is 0.690. The second kappa shape index (κ2) is 6.18. The fourth-order valence-electron chi connectivity index (χ4n) is 2.17. The molecule has 0 aromatic heterocycles. The molecule has 2 unspecified atom stereocenters. The Kier molecular flexibility index (Phi) is 5.14. The fourth-order valence-corrected chi connectivity index (χ4v) is 2.17. The van der Waals surface area contributed by atoms with E-state index in [1.165, 1.54) is 7.11 Å². The molecule has 2 N–H and O–H groups in total. The molecule has 0 bridgehead atoms. The average Bonchev–Trinajstić information content (AvgIpc) is 2.75. The summed E-state index contributed by atoms with van der Waals surface area (Å²) in [6.07, 6.45) is 1.40. The van der Waals surface area contributed by atoms with Crippen LogP contribution in [0.5, 0.6) is 0 Å².